The summed E-state index contributed by atoms with van der Waals surface area (Å²) in [5, 5.41) is 0.0113. The Labute approximate surface area is 112 Å². The molecule has 0 radical (unpaired) electrons. The van der Waals surface area contributed by atoms with Crippen molar-refractivity contribution in [3.05, 3.63) is 57.3 Å². The van der Waals surface area contributed by atoms with E-state index in [2.05, 4.69) is 6.58 Å². The van der Waals surface area contributed by atoms with Crippen LogP contribution in [0.1, 0.15) is 18.9 Å². The summed E-state index contributed by atoms with van der Waals surface area (Å²) in [7, 11) is 0. The summed E-state index contributed by atoms with van der Waals surface area (Å²) in [4.78, 5) is 24.6. The number of halogens is 2. The van der Waals surface area contributed by atoms with E-state index in [1.165, 1.54) is 10.6 Å². The summed E-state index contributed by atoms with van der Waals surface area (Å²) < 4.78 is 29.1. The van der Waals surface area contributed by atoms with Gasteiger partial charge < -0.3 is 0 Å². The molecule has 0 amide bonds. The molecule has 3 rings (SSSR count). The molecule has 0 saturated heterocycles. The van der Waals surface area contributed by atoms with Crippen molar-refractivity contribution in [3.63, 3.8) is 0 Å². The van der Waals surface area contributed by atoms with E-state index in [4.69, 9.17) is 0 Å². The first-order valence-corrected chi connectivity index (χ1v) is 6.29. The van der Waals surface area contributed by atoms with Crippen LogP contribution in [0.3, 0.4) is 0 Å². The zero-order valence-electron chi connectivity index (χ0n) is 10.6. The lowest BCUT2D eigenvalue weighted by atomic mass is 10.2. The summed E-state index contributed by atoms with van der Waals surface area (Å²) in [6.07, 6.45) is 2.97. The minimum Gasteiger partial charge on any atom is -0.289 e. The monoisotopic (exact) mass is 278 g/mol. The van der Waals surface area contributed by atoms with Gasteiger partial charge in [-0.3, -0.25) is 13.9 Å². The quantitative estimate of drug-likeness (QED) is 0.806. The Kier molecular flexibility index (Phi) is 2.81. The molecule has 0 bridgehead atoms. The highest BCUT2D eigenvalue weighted by atomic mass is 19.2. The van der Waals surface area contributed by atoms with Gasteiger partial charge in [-0.05, 0) is 18.9 Å². The number of benzene rings is 1. The predicted molar refractivity (Wildman–Crippen MR) is 70.9 cm³/mol. The molecule has 0 aliphatic heterocycles. The molecule has 1 aliphatic rings. The second kappa shape index (κ2) is 4.40. The Hall–Kier alpha value is -2.24. The largest absolute Gasteiger partial charge is 0.332 e. The smallest absolute Gasteiger partial charge is 0.289 e. The zero-order valence-corrected chi connectivity index (χ0v) is 10.6. The number of rotatable bonds is 3. The second-order valence-corrected chi connectivity index (χ2v) is 4.87. The van der Waals surface area contributed by atoms with Gasteiger partial charge in [-0.1, -0.05) is 6.08 Å². The molecule has 0 N–H and O–H groups in total. The fourth-order valence-corrected chi connectivity index (χ4v) is 2.34. The van der Waals surface area contributed by atoms with Crippen molar-refractivity contribution in [2.24, 2.45) is 0 Å². The maximum atomic E-state index is 13.4. The van der Waals surface area contributed by atoms with E-state index in [0.29, 0.717) is 0 Å². The number of hydrogen-bond donors (Lipinski definition) is 0. The van der Waals surface area contributed by atoms with Crippen LogP contribution in [-0.2, 0) is 6.54 Å². The molecule has 1 heterocycles. The zero-order chi connectivity index (χ0) is 14.4. The molecule has 4 nitrogen and oxygen atoms in total. The first-order valence-electron chi connectivity index (χ1n) is 6.29. The standard InChI is InChI=1S/C14H12F2N2O2/c1-2-5-17-12-7-11(16)10(15)6-9(12)13(19)18(14(17)20)8-3-4-8/h2,6-8H,1,3-5H2. The van der Waals surface area contributed by atoms with E-state index >= 15 is 0 Å². The summed E-state index contributed by atoms with van der Waals surface area (Å²) in [5.41, 5.74) is -0.974. The average molecular weight is 278 g/mol. The van der Waals surface area contributed by atoms with Gasteiger partial charge in [0.25, 0.3) is 5.56 Å². The summed E-state index contributed by atoms with van der Waals surface area (Å²) in [5.74, 6) is -2.18. The third-order valence-corrected chi connectivity index (χ3v) is 3.44. The highest BCUT2D eigenvalue weighted by molar-refractivity contribution is 5.78. The van der Waals surface area contributed by atoms with Gasteiger partial charge in [-0.2, -0.15) is 0 Å². The lowest BCUT2D eigenvalue weighted by molar-refractivity contribution is 0.508. The summed E-state index contributed by atoms with van der Waals surface area (Å²) >= 11 is 0. The van der Waals surface area contributed by atoms with Crippen LogP contribution in [0.5, 0.6) is 0 Å². The van der Waals surface area contributed by atoms with Crippen LogP contribution in [0.4, 0.5) is 8.78 Å². The molecule has 0 spiro atoms. The predicted octanol–water partition coefficient (Wildman–Crippen LogP) is 1.96. The van der Waals surface area contributed by atoms with Crippen LogP contribution in [-0.4, -0.2) is 9.13 Å². The molecule has 1 aromatic heterocycles. The molecule has 104 valence electrons. The normalized spacial score (nSPS) is 14.7. The molecular weight excluding hydrogens is 266 g/mol. The van der Waals surface area contributed by atoms with Crippen LogP contribution < -0.4 is 11.2 Å². The van der Waals surface area contributed by atoms with Gasteiger partial charge in [0, 0.05) is 18.7 Å². The summed E-state index contributed by atoms with van der Waals surface area (Å²) in [6, 6.07) is 1.60. The lowest BCUT2D eigenvalue weighted by Gasteiger charge is -2.12. The van der Waals surface area contributed by atoms with Crippen molar-refractivity contribution in [2.45, 2.75) is 25.4 Å². The fourth-order valence-electron chi connectivity index (χ4n) is 2.34. The molecule has 1 fully saturated rings. The Bertz CT molecular complexity index is 832. The molecule has 0 unspecified atom stereocenters. The van der Waals surface area contributed by atoms with Crippen LogP contribution in [0, 0.1) is 11.6 Å². The average Bonchev–Trinajstić information content (AvgIpc) is 3.22. The van der Waals surface area contributed by atoms with Crippen molar-refractivity contribution >= 4 is 10.9 Å². The van der Waals surface area contributed by atoms with Crippen molar-refractivity contribution < 1.29 is 8.78 Å². The van der Waals surface area contributed by atoms with Gasteiger partial charge in [0.2, 0.25) is 0 Å². The van der Waals surface area contributed by atoms with E-state index in [9.17, 15) is 18.4 Å². The molecule has 1 saturated carbocycles. The number of allylic oxidation sites excluding steroid dienone is 1. The highest BCUT2D eigenvalue weighted by Crippen LogP contribution is 2.32. The van der Waals surface area contributed by atoms with Gasteiger partial charge in [-0.25, -0.2) is 13.6 Å². The van der Waals surface area contributed by atoms with E-state index in [0.717, 1.165) is 29.5 Å². The van der Waals surface area contributed by atoms with Gasteiger partial charge >= 0.3 is 5.69 Å². The van der Waals surface area contributed by atoms with Gasteiger partial charge in [0.1, 0.15) is 0 Å². The maximum Gasteiger partial charge on any atom is 0.332 e. The number of fused-ring (bicyclic) bond motifs is 1. The number of hydrogen-bond acceptors (Lipinski definition) is 2. The van der Waals surface area contributed by atoms with Gasteiger partial charge in [0.05, 0.1) is 10.9 Å². The van der Waals surface area contributed by atoms with E-state index in [-0.39, 0.29) is 23.5 Å². The maximum absolute atomic E-state index is 13.4. The minimum atomic E-state index is -1.10. The van der Waals surface area contributed by atoms with Crippen LogP contribution >= 0.6 is 0 Å². The van der Waals surface area contributed by atoms with Crippen molar-refractivity contribution in [1.29, 1.82) is 0 Å². The molecule has 6 heteroatoms. The third-order valence-electron chi connectivity index (χ3n) is 3.44. The highest BCUT2D eigenvalue weighted by Gasteiger charge is 2.29. The summed E-state index contributed by atoms with van der Waals surface area (Å²) in [6.45, 7) is 3.67. The minimum absolute atomic E-state index is 0.0113. The molecule has 0 atom stereocenters. The van der Waals surface area contributed by atoms with Crippen molar-refractivity contribution in [3.8, 4) is 0 Å². The first kappa shape index (κ1) is 12.8. The molecule has 20 heavy (non-hydrogen) atoms. The molecule has 1 aliphatic carbocycles. The number of nitrogens with zero attached hydrogens (tertiary/aromatic N) is 2. The van der Waals surface area contributed by atoms with Crippen LogP contribution in [0.2, 0.25) is 0 Å². The van der Waals surface area contributed by atoms with Crippen molar-refractivity contribution in [1.82, 2.24) is 9.13 Å². The number of aromatic nitrogens is 2. The Morgan fingerprint density at radius 3 is 2.50 bits per heavy atom. The Morgan fingerprint density at radius 2 is 1.90 bits per heavy atom. The second-order valence-electron chi connectivity index (χ2n) is 4.87. The molecule has 1 aromatic carbocycles. The lowest BCUT2D eigenvalue weighted by Crippen LogP contribution is -2.39. The SMILES string of the molecule is C=CCn1c(=O)n(C2CC2)c(=O)c2cc(F)c(F)cc21. The third kappa shape index (κ3) is 1.79. The molecule has 2 aromatic rings. The van der Waals surface area contributed by atoms with E-state index in [1.54, 1.807) is 0 Å². The van der Waals surface area contributed by atoms with Crippen molar-refractivity contribution in [2.75, 3.05) is 0 Å². The van der Waals surface area contributed by atoms with E-state index < -0.39 is 22.9 Å². The Morgan fingerprint density at radius 1 is 1.25 bits per heavy atom. The van der Waals surface area contributed by atoms with Gasteiger partial charge in [0.15, 0.2) is 11.6 Å². The van der Waals surface area contributed by atoms with E-state index in [1.807, 2.05) is 0 Å². The first-order chi connectivity index (χ1) is 9.54. The Balaban J connectivity index is 2.49. The topological polar surface area (TPSA) is 44.0 Å². The fraction of sp³-hybridized carbons (Fsp3) is 0.286. The van der Waals surface area contributed by atoms with Gasteiger partial charge in [-0.15, -0.1) is 6.58 Å². The van der Waals surface area contributed by atoms with Crippen LogP contribution in [0.25, 0.3) is 10.9 Å². The molecular formula is C14H12F2N2O2. The van der Waals surface area contributed by atoms with Crippen LogP contribution in [0.15, 0.2) is 34.4 Å².